The van der Waals surface area contributed by atoms with Crippen LogP contribution in [0.5, 0.6) is 0 Å². The SMILES string of the molecule is CC(C)(C)OC(=O)CNC(CCc1ccccc1)CC(=O)O. The van der Waals surface area contributed by atoms with Crippen LogP contribution >= 0.6 is 0 Å². The molecule has 22 heavy (non-hydrogen) atoms. The zero-order chi connectivity index (χ0) is 16.6. The number of esters is 1. The minimum atomic E-state index is -0.880. The van der Waals surface area contributed by atoms with Gasteiger partial charge < -0.3 is 15.2 Å². The highest BCUT2D eigenvalue weighted by molar-refractivity contribution is 5.72. The normalized spacial score (nSPS) is 12.7. The van der Waals surface area contributed by atoms with Crippen molar-refractivity contribution in [3.63, 3.8) is 0 Å². The van der Waals surface area contributed by atoms with Gasteiger partial charge in [0.2, 0.25) is 0 Å². The van der Waals surface area contributed by atoms with Crippen molar-refractivity contribution >= 4 is 11.9 Å². The molecule has 0 spiro atoms. The molecule has 1 rings (SSSR count). The number of rotatable bonds is 8. The van der Waals surface area contributed by atoms with Crippen LogP contribution < -0.4 is 5.32 Å². The van der Waals surface area contributed by atoms with Crippen LogP contribution in [0.15, 0.2) is 30.3 Å². The van der Waals surface area contributed by atoms with E-state index in [1.807, 2.05) is 30.3 Å². The number of carboxylic acid groups (broad SMARTS) is 1. The van der Waals surface area contributed by atoms with E-state index in [0.717, 1.165) is 12.0 Å². The summed E-state index contributed by atoms with van der Waals surface area (Å²) in [6.45, 7) is 5.42. The largest absolute Gasteiger partial charge is 0.481 e. The molecule has 5 heteroatoms. The molecule has 1 aromatic rings. The predicted molar refractivity (Wildman–Crippen MR) is 84.7 cm³/mol. The summed E-state index contributed by atoms with van der Waals surface area (Å²) < 4.78 is 5.21. The molecule has 0 aliphatic heterocycles. The summed E-state index contributed by atoms with van der Waals surface area (Å²) in [5.41, 5.74) is 0.613. The van der Waals surface area contributed by atoms with Gasteiger partial charge in [0.25, 0.3) is 0 Å². The molecule has 0 heterocycles. The molecule has 0 aliphatic rings. The number of ether oxygens (including phenoxy) is 1. The summed E-state index contributed by atoms with van der Waals surface area (Å²) in [7, 11) is 0. The number of nitrogens with one attached hydrogen (secondary N) is 1. The van der Waals surface area contributed by atoms with Crippen molar-refractivity contribution in [1.82, 2.24) is 5.32 Å². The van der Waals surface area contributed by atoms with Crippen molar-refractivity contribution in [2.45, 2.75) is 51.7 Å². The van der Waals surface area contributed by atoms with Crippen LogP contribution in [0.1, 0.15) is 39.2 Å². The zero-order valence-electron chi connectivity index (χ0n) is 13.5. The van der Waals surface area contributed by atoms with Crippen LogP contribution in [0.2, 0.25) is 0 Å². The number of carbonyl (C=O) groups is 2. The molecule has 0 aromatic heterocycles. The lowest BCUT2D eigenvalue weighted by atomic mass is 10.0. The topological polar surface area (TPSA) is 75.6 Å². The Bertz CT molecular complexity index is 479. The second-order valence-electron chi connectivity index (χ2n) is 6.29. The minimum absolute atomic E-state index is 0.0179. The Balaban J connectivity index is 2.47. The van der Waals surface area contributed by atoms with Crippen molar-refractivity contribution in [3.05, 3.63) is 35.9 Å². The molecule has 0 saturated carbocycles. The number of benzene rings is 1. The Hall–Kier alpha value is -1.88. The summed E-state index contributed by atoms with van der Waals surface area (Å²) in [5.74, 6) is -1.25. The third-order valence-electron chi connectivity index (χ3n) is 3.00. The first-order valence-corrected chi connectivity index (χ1v) is 7.47. The number of carboxylic acids is 1. The molecular formula is C17H25NO4. The van der Waals surface area contributed by atoms with Gasteiger partial charge in [0.05, 0.1) is 13.0 Å². The standard InChI is InChI=1S/C17H25NO4/c1-17(2,3)22-16(21)12-18-14(11-15(19)20)10-9-13-7-5-4-6-8-13/h4-8,14,18H,9-12H2,1-3H3,(H,19,20). The van der Waals surface area contributed by atoms with E-state index in [-0.39, 0.29) is 25.0 Å². The third-order valence-corrected chi connectivity index (χ3v) is 3.00. The highest BCUT2D eigenvalue weighted by Crippen LogP contribution is 2.09. The molecule has 1 atom stereocenters. The number of hydrogen-bond donors (Lipinski definition) is 2. The molecule has 122 valence electrons. The number of carbonyl (C=O) groups excluding carboxylic acids is 1. The number of aryl methyl sites for hydroxylation is 1. The molecule has 2 N–H and O–H groups in total. The predicted octanol–water partition coefficient (Wildman–Crippen LogP) is 2.39. The van der Waals surface area contributed by atoms with Gasteiger partial charge in [-0.05, 0) is 39.2 Å². The van der Waals surface area contributed by atoms with Gasteiger partial charge in [-0.3, -0.25) is 9.59 Å². The molecule has 1 unspecified atom stereocenters. The lowest BCUT2D eigenvalue weighted by Gasteiger charge is -2.21. The van der Waals surface area contributed by atoms with Crippen molar-refractivity contribution in [3.8, 4) is 0 Å². The molecular weight excluding hydrogens is 282 g/mol. The average molecular weight is 307 g/mol. The van der Waals surface area contributed by atoms with Crippen LogP contribution in [0.3, 0.4) is 0 Å². The quantitative estimate of drug-likeness (QED) is 0.721. The molecule has 0 radical (unpaired) electrons. The van der Waals surface area contributed by atoms with E-state index in [0.29, 0.717) is 6.42 Å². The van der Waals surface area contributed by atoms with E-state index in [1.54, 1.807) is 20.8 Å². The molecule has 0 fully saturated rings. The monoisotopic (exact) mass is 307 g/mol. The van der Waals surface area contributed by atoms with Crippen LogP contribution in [0, 0.1) is 0 Å². The number of hydrogen-bond acceptors (Lipinski definition) is 4. The van der Waals surface area contributed by atoms with Gasteiger partial charge in [0, 0.05) is 6.04 Å². The lowest BCUT2D eigenvalue weighted by Crippen LogP contribution is -2.38. The maximum atomic E-state index is 11.7. The first kappa shape index (κ1) is 18.2. The van der Waals surface area contributed by atoms with Gasteiger partial charge >= 0.3 is 11.9 Å². The summed E-state index contributed by atoms with van der Waals surface area (Å²) in [6.07, 6.45) is 1.40. The van der Waals surface area contributed by atoms with Crippen LogP contribution in [-0.4, -0.2) is 35.2 Å². The Labute approximate surface area is 131 Å². The first-order chi connectivity index (χ1) is 10.3. The smallest absolute Gasteiger partial charge is 0.320 e. The Morgan fingerprint density at radius 1 is 1.23 bits per heavy atom. The zero-order valence-corrected chi connectivity index (χ0v) is 13.5. The summed E-state index contributed by atoms with van der Waals surface area (Å²) in [6, 6.07) is 9.60. The van der Waals surface area contributed by atoms with E-state index in [4.69, 9.17) is 9.84 Å². The second kappa shape index (κ2) is 8.54. The van der Waals surface area contributed by atoms with Gasteiger partial charge in [-0.15, -0.1) is 0 Å². The molecule has 1 aromatic carbocycles. The van der Waals surface area contributed by atoms with Crippen molar-refractivity contribution in [1.29, 1.82) is 0 Å². The molecule has 0 aliphatic carbocycles. The van der Waals surface area contributed by atoms with Crippen molar-refractivity contribution in [2.75, 3.05) is 6.54 Å². The van der Waals surface area contributed by atoms with Crippen LogP contribution in [0.25, 0.3) is 0 Å². The van der Waals surface area contributed by atoms with E-state index in [9.17, 15) is 9.59 Å². The fraction of sp³-hybridized carbons (Fsp3) is 0.529. The van der Waals surface area contributed by atoms with Crippen molar-refractivity contribution < 1.29 is 19.4 Å². The molecule has 0 bridgehead atoms. The average Bonchev–Trinajstić information content (AvgIpc) is 2.40. The Kier molecular flexibility index (Phi) is 7.05. The molecule has 0 amide bonds. The van der Waals surface area contributed by atoms with Gasteiger partial charge in [-0.25, -0.2) is 0 Å². The second-order valence-corrected chi connectivity index (χ2v) is 6.29. The van der Waals surface area contributed by atoms with E-state index >= 15 is 0 Å². The van der Waals surface area contributed by atoms with Gasteiger partial charge in [-0.2, -0.15) is 0 Å². The maximum absolute atomic E-state index is 11.7. The first-order valence-electron chi connectivity index (χ1n) is 7.47. The number of aliphatic carboxylic acids is 1. The summed E-state index contributed by atoms with van der Waals surface area (Å²) in [5, 5.41) is 12.0. The summed E-state index contributed by atoms with van der Waals surface area (Å²) >= 11 is 0. The van der Waals surface area contributed by atoms with Crippen LogP contribution in [0.4, 0.5) is 0 Å². The minimum Gasteiger partial charge on any atom is -0.481 e. The fourth-order valence-corrected chi connectivity index (χ4v) is 2.08. The molecule has 0 saturated heterocycles. The van der Waals surface area contributed by atoms with Gasteiger partial charge in [0.15, 0.2) is 0 Å². The van der Waals surface area contributed by atoms with E-state index in [1.165, 1.54) is 0 Å². The highest BCUT2D eigenvalue weighted by atomic mass is 16.6. The Morgan fingerprint density at radius 2 is 1.86 bits per heavy atom. The summed E-state index contributed by atoms with van der Waals surface area (Å²) in [4.78, 5) is 22.6. The maximum Gasteiger partial charge on any atom is 0.320 e. The lowest BCUT2D eigenvalue weighted by molar-refractivity contribution is -0.154. The fourth-order valence-electron chi connectivity index (χ4n) is 2.08. The van der Waals surface area contributed by atoms with Crippen molar-refractivity contribution in [2.24, 2.45) is 0 Å². The molecule has 5 nitrogen and oxygen atoms in total. The van der Waals surface area contributed by atoms with Crippen LogP contribution in [-0.2, 0) is 20.7 Å². The van der Waals surface area contributed by atoms with Gasteiger partial charge in [-0.1, -0.05) is 30.3 Å². The third kappa shape index (κ3) is 8.42. The van der Waals surface area contributed by atoms with E-state index < -0.39 is 11.6 Å². The van der Waals surface area contributed by atoms with Gasteiger partial charge in [0.1, 0.15) is 5.60 Å². The van der Waals surface area contributed by atoms with E-state index in [2.05, 4.69) is 5.32 Å². The highest BCUT2D eigenvalue weighted by Gasteiger charge is 2.18. The Morgan fingerprint density at radius 3 is 2.41 bits per heavy atom.